The molecule has 1 fully saturated rings. The third-order valence-corrected chi connectivity index (χ3v) is 5.79. The van der Waals surface area contributed by atoms with E-state index in [2.05, 4.69) is 0 Å². The fourth-order valence-corrected chi connectivity index (χ4v) is 4.57. The van der Waals surface area contributed by atoms with Gasteiger partial charge in [0.15, 0.2) is 0 Å². The summed E-state index contributed by atoms with van der Waals surface area (Å²) < 4.78 is 0. The van der Waals surface area contributed by atoms with Gasteiger partial charge in [-0.3, -0.25) is 14.4 Å². The van der Waals surface area contributed by atoms with Crippen LogP contribution in [0.2, 0.25) is 0 Å². The summed E-state index contributed by atoms with van der Waals surface area (Å²) in [5.74, 6) is -4.67. The van der Waals surface area contributed by atoms with Crippen LogP contribution >= 0.6 is 0 Å². The molecule has 0 heterocycles. The molecule has 0 amide bonds. The van der Waals surface area contributed by atoms with Crippen LogP contribution in [0, 0.1) is 35.5 Å². The van der Waals surface area contributed by atoms with Crippen molar-refractivity contribution in [3.05, 3.63) is 0 Å². The lowest BCUT2D eigenvalue weighted by molar-refractivity contribution is -0.148. The molecule has 1 rings (SSSR count). The summed E-state index contributed by atoms with van der Waals surface area (Å²) in [4.78, 5) is 34.7. The minimum atomic E-state index is -0.867. The van der Waals surface area contributed by atoms with E-state index < -0.39 is 35.7 Å². The minimum absolute atomic E-state index is 0.155. The predicted molar refractivity (Wildman–Crippen MR) is 88.6 cm³/mol. The van der Waals surface area contributed by atoms with E-state index >= 15 is 0 Å². The van der Waals surface area contributed by atoms with E-state index in [9.17, 15) is 29.7 Å². The van der Waals surface area contributed by atoms with Crippen LogP contribution < -0.4 is 0 Å². The molecule has 6 heteroatoms. The van der Waals surface area contributed by atoms with E-state index in [1.807, 2.05) is 20.8 Å². The monoisotopic (exact) mass is 342 g/mol. The highest BCUT2D eigenvalue weighted by Gasteiger charge is 2.43. The molecule has 0 aromatic rings. The van der Waals surface area contributed by atoms with E-state index in [0.29, 0.717) is 38.5 Å². The molecule has 3 N–H and O–H groups in total. The minimum Gasteiger partial charge on any atom is -0.481 e. The van der Waals surface area contributed by atoms with Crippen LogP contribution in [0.25, 0.3) is 0 Å². The third-order valence-electron chi connectivity index (χ3n) is 5.79. The molecule has 0 aromatic carbocycles. The first-order chi connectivity index (χ1) is 11.3. The van der Waals surface area contributed by atoms with Crippen molar-refractivity contribution in [1.82, 2.24) is 0 Å². The lowest BCUT2D eigenvalue weighted by Crippen LogP contribution is -2.39. The quantitative estimate of drug-likeness (QED) is 0.592. The summed E-state index contributed by atoms with van der Waals surface area (Å²) in [6.07, 6.45) is 3.11. The molecular formula is C18H30O6. The Morgan fingerprint density at radius 3 is 1.00 bits per heavy atom. The van der Waals surface area contributed by atoms with Gasteiger partial charge in [0, 0.05) is 0 Å². The molecule has 1 aliphatic carbocycles. The van der Waals surface area contributed by atoms with E-state index in [0.717, 1.165) is 0 Å². The highest BCUT2D eigenvalue weighted by molar-refractivity contribution is 5.72. The molecular weight excluding hydrogens is 312 g/mol. The maximum absolute atomic E-state index is 11.6. The van der Waals surface area contributed by atoms with E-state index in [1.54, 1.807) is 0 Å². The number of hydrogen-bond donors (Lipinski definition) is 3. The summed E-state index contributed by atoms with van der Waals surface area (Å²) >= 11 is 0. The molecule has 0 saturated heterocycles. The van der Waals surface area contributed by atoms with Gasteiger partial charge in [-0.05, 0) is 56.3 Å². The topological polar surface area (TPSA) is 112 Å². The lowest BCUT2D eigenvalue weighted by atomic mass is 9.63. The third kappa shape index (κ3) is 4.71. The second kappa shape index (κ2) is 9.04. The summed E-state index contributed by atoms with van der Waals surface area (Å²) in [6, 6.07) is 0. The second-order valence-electron chi connectivity index (χ2n) is 7.05. The number of aliphatic carboxylic acids is 3. The van der Waals surface area contributed by atoms with Gasteiger partial charge in [-0.1, -0.05) is 20.8 Å². The molecule has 0 bridgehead atoms. The highest BCUT2D eigenvalue weighted by atomic mass is 16.4. The Balaban J connectivity index is 3.11. The molecule has 0 spiro atoms. The first-order valence-corrected chi connectivity index (χ1v) is 8.94. The molecule has 0 aromatic heterocycles. The molecule has 0 radical (unpaired) electrons. The summed E-state index contributed by atoms with van der Waals surface area (Å²) in [5.41, 5.74) is 0. The van der Waals surface area contributed by atoms with E-state index in [4.69, 9.17) is 0 Å². The maximum Gasteiger partial charge on any atom is 0.306 e. The van der Waals surface area contributed by atoms with Gasteiger partial charge >= 0.3 is 17.9 Å². The first-order valence-electron chi connectivity index (χ1n) is 8.94. The van der Waals surface area contributed by atoms with Gasteiger partial charge in [0.05, 0.1) is 17.8 Å². The number of carbonyl (C=O) groups is 3. The molecule has 3 atom stereocenters. The molecule has 1 saturated carbocycles. The van der Waals surface area contributed by atoms with Gasteiger partial charge in [-0.15, -0.1) is 0 Å². The molecule has 24 heavy (non-hydrogen) atoms. The van der Waals surface area contributed by atoms with Crippen LogP contribution in [0.4, 0.5) is 0 Å². The zero-order valence-corrected chi connectivity index (χ0v) is 14.8. The smallest absolute Gasteiger partial charge is 0.306 e. The van der Waals surface area contributed by atoms with Gasteiger partial charge in [0.1, 0.15) is 0 Å². The molecule has 1 aliphatic rings. The van der Waals surface area contributed by atoms with Crippen molar-refractivity contribution in [2.24, 2.45) is 35.5 Å². The molecule has 6 nitrogen and oxygen atoms in total. The average molecular weight is 342 g/mol. The van der Waals surface area contributed by atoms with Crippen LogP contribution in [-0.2, 0) is 14.4 Å². The Morgan fingerprint density at radius 2 is 0.875 bits per heavy atom. The summed E-state index contributed by atoms with van der Waals surface area (Å²) in [5, 5.41) is 28.4. The number of carboxylic acids is 3. The van der Waals surface area contributed by atoms with Crippen molar-refractivity contribution in [2.75, 3.05) is 0 Å². The Bertz CT molecular complexity index is 388. The van der Waals surface area contributed by atoms with Crippen LogP contribution in [-0.4, -0.2) is 33.2 Å². The Kier molecular flexibility index (Phi) is 7.70. The van der Waals surface area contributed by atoms with Crippen molar-refractivity contribution < 1.29 is 29.7 Å². The standard InChI is InChI=1S/C18H30O6/c1-4-13(16(19)20)10-7-11(14(5-2)17(21)22)9-12(8-10)15(6-3)18(23)24/h10-15H,4-9H2,1-3H3,(H,19,20)(H,21,22)(H,23,24). The van der Waals surface area contributed by atoms with Gasteiger partial charge in [0.2, 0.25) is 0 Å². The van der Waals surface area contributed by atoms with E-state index in [1.165, 1.54) is 0 Å². The van der Waals surface area contributed by atoms with Gasteiger partial charge in [-0.2, -0.15) is 0 Å². The Labute approximate surface area is 143 Å². The molecule has 138 valence electrons. The maximum atomic E-state index is 11.6. The van der Waals surface area contributed by atoms with Crippen molar-refractivity contribution in [2.45, 2.75) is 59.3 Å². The van der Waals surface area contributed by atoms with Gasteiger partial charge in [-0.25, -0.2) is 0 Å². The highest BCUT2D eigenvalue weighted by Crippen LogP contribution is 2.45. The Hall–Kier alpha value is -1.59. The van der Waals surface area contributed by atoms with Crippen molar-refractivity contribution in [3.8, 4) is 0 Å². The fourth-order valence-electron chi connectivity index (χ4n) is 4.57. The normalized spacial score (nSPS) is 27.9. The number of carboxylic acid groups (broad SMARTS) is 3. The van der Waals surface area contributed by atoms with Crippen LogP contribution in [0.1, 0.15) is 59.3 Å². The van der Waals surface area contributed by atoms with Gasteiger partial charge in [0.25, 0.3) is 0 Å². The fraction of sp³-hybridized carbons (Fsp3) is 0.833. The van der Waals surface area contributed by atoms with Crippen LogP contribution in [0.15, 0.2) is 0 Å². The van der Waals surface area contributed by atoms with Gasteiger partial charge < -0.3 is 15.3 Å². The molecule has 3 unspecified atom stereocenters. The summed E-state index contributed by atoms with van der Waals surface area (Å²) in [6.45, 7) is 5.46. The van der Waals surface area contributed by atoms with Crippen LogP contribution in [0.5, 0.6) is 0 Å². The zero-order chi connectivity index (χ0) is 18.4. The SMILES string of the molecule is CCC(C(=O)O)C1CC(C(CC)C(=O)O)CC(C(CC)C(=O)O)C1. The average Bonchev–Trinajstić information content (AvgIpc) is 2.48. The molecule has 0 aliphatic heterocycles. The first kappa shape index (κ1) is 20.5. The zero-order valence-electron chi connectivity index (χ0n) is 14.8. The van der Waals surface area contributed by atoms with Crippen molar-refractivity contribution in [1.29, 1.82) is 0 Å². The van der Waals surface area contributed by atoms with E-state index in [-0.39, 0.29) is 17.8 Å². The second-order valence-corrected chi connectivity index (χ2v) is 7.05. The predicted octanol–water partition coefficient (Wildman–Crippen LogP) is 3.35. The Morgan fingerprint density at radius 1 is 0.667 bits per heavy atom. The van der Waals surface area contributed by atoms with Crippen molar-refractivity contribution >= 4 is 17.9 Å². The largest absolute Gasteiger partial charge is 0.481 e. The number of hydrogen-bond acceptors (Lipinski definition) is 3. The van der Waals surface area contributed by atoms with Crippen molar-refractivity contribution in [3.63, 3.8) is 0 Å². The lowest BCUT2D eigenvalue weighted by Gasteiger charge is -2.41. The van der Waals surface area contributed by atoms with Crippen LogP contribution in [0.3, 0.4) is 0 Å². The number of rotatable bonds is 9. The summed E-state index contributed by atoms with van der Waals surface area (Å²) in [7, 11) is 0.